The molecule has 3 unspecified atom stereocenters. The highest BCUT2D eigenvalue weighted by atomic mass is 32.2. The van der Waals surface area contributed by atoms with Gasteiger partial charge in [-0.15, -0.1) is 0 Å². The minimum Gasteiger partial charge on any atom is -0.379 e. The predicted octanol–water partition coefficient (Wildman–Crippen LogP) is 2.12. The van der Waals surface area contributed by atoms with Gasteiger partial charge in [0.25, 0.3) is 5.91 Å². The fourth-order valence-corrected chi connectivity index (χ4v) is 7.82. The van der Waals surface area contributed by atoms with Gasteiger partial charge in [0.1, 0.15) is 0 Å². The lowest BCUT2D eigenvalue weighted by atomic mass is 10.0. The molecule has 0 aromatic heterocycles. The van der Waals surface area contributed by atoms with Crippen molar-refractivity contribution in [1.29, 1.82) is 0 Å². The van der Waals surface area contributed by atoms with Gasteiger partial charge in [-0.25, -0.2) is 4.79 Å². The fourth-order valence-electron chi connectivity index (χ4n) is 6.28. The van der Waals surface area contributed by atoms with Crippen molar-refractivity contribution < 1.29 is 61.8 Å². The lowest BCUT2D eigenvalue weighted by Crippen LogP contribution is -2.45. The molecule has 0 aliphatic carbocycles. The number of rotatable bonds is 35. The summed E-state index contributed by atoms with van der Waals surface area (Å²) < 4.78 is 55.3. The highest BCUT2D eigenvalue weighted by molar-refractivity contribution is 8.00. The smallest absolute Gasteiger partial charge is 0.315 e. The van der Waals surface area contributed by atoms with Crippen LogP contribution in [0.4, 0.5) is 4.79 Å². The molecule has 3 fully saturated rings. The minimum absolute atomic E-state index is 0.0216. The third-order valence-corrected chi connectivity index (χ3v) is 10.8. The highest BCUT2D eigenvalue weighted by Gasteiger charge is 2.42. The second kappa shape index (κ2) is 31.5. The molecule has 0 bridgehead atoms. The number of urea groups is 1. The molecule has 21 heteroatoms. The van der Waals surface area contributed by atoms with E-state index in [9.17, 15) is 14.4 Å². The molecule has 4 rings (SSSR count). The summed E-state index contributed by atoms with van der Waals surface area (Å²) in [5.74, 6) is 0.705. The van der Waals surface area contributed by atoms with E-state index in [2.05, 4.69) is 31.3 Å². The number of azide groups is 1. The molecule has 4 amide bonds. The van der Waals surface area contributed by atoms with Crippen molar-refractivity contribution in [3.05, 3.63) is 45.8 Å². The Kier molecular flexibility index (Phi) is 25.9. The third kappa shape index (κ3) is 21.0. The lowest BCUT2D eigenvalue weighted by molar-refractivity contribution is -0.195. The zero-order valence-electron chi connectivity index (χ0n) is 34.4. The maximum absolute atomic E-state index is 12.6. The van der Waals surface area contributed by atoms with Crippen molar-refractivity contribution >= 4 is 29.6 Å². The van der Waals surface area contributed by atoms with E-state index in [1.165, 1.54) is 0 Å². The Morgan fingerprint density at radius 1 is 0.750 bits per heavy atom. The molecule has 60 heavy (non-hydrogen) atoms. The van der Waals surface area contributed by atoms with Gasteiger partial charge >= 0.3 is 6.03 Å². The first-order chi connectivity index (χ1) is 29.5. The van der Waals surface area contributed by atoms with Crippen molar-refractivity contribution in [2.45, 2.75) is 55.3 Å². The van der Waals surface area contributed by atoms with Gasteiger partial charge in [-0.1, -0.05) is 23.7 Å². The second-order valence-corrected chi connectivity index (χ2v) is 15.1. The summed E-state index contributed by atoms with van der Waals surface area (Å²) in [4.78, 5) is 39.3. The van der Waals surface area contributed by atoms with Gasteiger partial charge in [0.15, 0.2) is 6.29 Å². The van der Waals surface area contributed by atoms with E-state index in [-0.39, 0.29) is 36.0 Å². The first-order valence-electron chi connectivity index (χ1n) is 20.8. The van der Waals surface area contributed by atoms with Gasteiger partial charge in [-0.05, 0) is 30.5 Å². The molecule has 4 N–H and O–H groups in total. The molecule has 1 aromatic rings. The van der Waals surface area contributed by atoms with Gasteiger partial charge in [0.2, 0.25) is 5.91 Å². The normalized spacial score (nSPS) is 20.9. The van der Waals surface area contributed by atoms with E-state index < -0.39 is 6.29 Å². The number of fused-ring (bicyclic) bond motifs is 1. The van der Waals surface area contributed by atoms with E-state index in [0.717, 1.165) is 30.6 Å². The Labute approximate surface area is 356 Å². The Balaban J connectivity index is 0.861. The predicted molar refractivity (Wildman–Crippen MR) is 220 cm³/mol. The SMILES string of the molecule is [N-]=[N+]=NCCOCCOCCOCCOCCOCCOCCOCCOCCNC(=O)c1ccc(C2OCC(NC(=O)CCCCC3SCC4NC(=O)NC43)CO2)cc1. The van der Waals surface area contributed by atoms with Crippen LogP contribution in [0.2, 0.25) is 0 Å². The summed E-state index contributed by atoms with van der Waals surface area (Å²) in [6.07, 6.45) is 2.56. The number of hydrogen-bond donors (Lipinski definition) is 4. The number of thioether (sulfide) groups is 1. The molecule has 3 saturated heterocycles. The largest absolute Gasteiger partial charge is 0.379 e. The van der Waals surface area contributed by atoms with Crippen LogP contribution in [0.5, 0.6) is 0 Å². The number of benzene rings is 1. The topological polar surface area (TPSA) is 240 Å². The van der Waals surface area contributed by atoms with Crippen molar-refractivity contribution in [1.82, 2.24) is 21.3 Å². The Hall–Kier alpha value is -3.31. The average Bonchev–Trinajstić information content (AvgIpc) is 3.82. The van der Waals surface area contributed by atoms with Gasteiger partial charge in [0, 0.05) is 46.6 Å². The van der Waals surface area contributed by atoms with Crippen LogP contribution in [0.3, 0.4) is 0 Å². The second-order valence-electron chi connectivity index (χ2n) is 13.9. The number of nitrogens with zero attached hydrogens (tertiary/aromatic N) is 3. The highest BCUT2D eigenvalue weighted by Crippen LogP contribution is 2.33. The molecule has 0 radical (unpaired) electrons. The first-order valence-corrected chi connectivity index (χ1v) is 21.8. The van der Waals surface area contributed by atoms with Crippen LogP contribution >= 0.6 is 11.8 Å². The van der Waals surface area contributed by atoms with Crippen LogP contribution in [-0.2, 0) is 52.2 Å². The van der Waals surface area contributed by atoms with E-state index >= 15 is 0 Å². The van der Waals surface area contributed by atoms with Gasteiger partial charge < -0.3 is 68.6 Å². The lowest BCUT2D eigenvalue weighted by Gasteiger charge is -2.30. The van der Waals surface area contributed by atoms with E-state index in [1.54, 1.807) is 24.3 Å². The zero-order valence-corrected chi connectivity index (χ0v) is 35.2. The number of carbonyl (C=O) groups excluding carboxylic acids is 3. The van der Waals surface area contributed by atoms with Crippen LogP contribution < -0.4 is 21.3 Å². The van der Waals surface area contributed by atoms with Gasteiger partial charge in [-0.2, -0.15) is 11.8 Å². The molecule has 3 atom stereocenters. The average molecular weight is 870 g/mol. The van der Waals surface area contributed by atoms with Crippen molar-refractivity contribution in [3.8, 4) is 0 Å². The van der Waals surface area contributed by atoms with Crippen molar-refractivity contribution in [2.75, 3.05) is 138 Å². The molecule has 0 spiro atoms. The third-order valence-electron chi connectivity index (χ3n) is 9.32. The zero-order chi connectivity index (χ0) is 42.3. The molecule has 338 valence electrons. The summed E-state index contributed by atoms with van der Waals surface area (Å²) in [6.45, 7) is 8.43. The number of carbonyl (C=O) groups is 3. The monoisotopic (exact) mass is 869 g/mol. The number of nitrogens with one attached hydrogen (secondary N) is 4. The van der Waals surface area contributed by atoms with Crippen LogP contribution in [0.1, 0.15) is 47.9 Å². The van der Waals surface area contributed by atoms with Gasteiger partial charge in [0.05, 0.1) is 137 Å². The van der Waals surface area contributed by atoms with Crippen LogP contribution in [-0.4, -0.2) is 179 Å². The molecule has 3 heterocycles. The first kappa shape index (κ1) is 49.3. The number of ether oxygens (including phenoxy) is 10. The minimum atomic E-state index is -0.570. The molecule has 3 aliphatic rings. The van der Waals surface area contributed by atoms with E-state index in [0.29, 0.717) is 149 Å². The quantitative estimate of drug-likeness (QED) is 0.0251. The maximum Gasteiger partial charge on any atom is 0.315 e. The van der Waals surface area contributed by atoms with E-state index in [1.807, 2.05) is 11.8 Å². The summed E-state index contributed by atoms with van der Waals surface area (Å²) in [5, 5.41) is 15.6. The molecule has 0 saturated carbocycles. The standard InChI is InChI=1S/C39H63N7O13S/c40-46-42-10-12-51-14-16-53-18-20-55-22-24-57-26-25-56-23-21-54-19-17-52-15-13-50-11-9-41-37(48)30-5-7-31(8-6-30)38-58-27-32(28-59-38)43-35(47)4-2-1-3-34-36-33(29-60-34)44-39(49)45-36/h5-8,32-34,36,38H,1-4,9-29H2,(H,41,48)(H,43,47)(H2,44,45,49). The Bertz CT molecular complexity index is 1390. The summed E-state index contributed by atoms with van der Waals surface area (Å²) >= 11 is 1.88. The molecular weight excluding hydrogens is 807 g/mol. The summed E-state index contributed by atoms with van der Waals surface area (Å²) in [7, 11) is 0. The van der Waals surface area contributed by atoms with Crippen molar-refractivity contribution in [3.63, 3.8) is 0 Å². The molecule has 3 aliphatic heterocycles. The Morgan fingerprint density at radius 2 is 1.28 bits per heavy atom. The van der Waals surface area contributed by atoms with E-state index in [4.69, 9.17) is 52.9 Å². The van der Waals surface area contributed by atoms with Crippen LogP contribution in [0.15, 0.2) is 29.4 Å². The summed E-state index contributed by atoms with van der Waals surface area (Å²) in [6, 6.07) is 7.16. The molecule has 1 aromatic carbocycles. The Morgan fingerprint density at radius 3 is 1.83 bits per heavy atom. The maximum atomic E-state index is 12.6. The number of amides is 4. The summed E-state index contributed by atoms with van der Waals surface area (Å²) in [5.41, 5.74) is 9.47. The fraction of sp³-hybridized carbons (Fsp3) is 0.769. The van der Waals surface area contributed by atoms with Gasteiger partial charge in [-0.3, -0.25) is 9.59 Å². The number of unbranched alkanes of at least 4 members (excludes halogenated alkanes) is 1. The molecule has 20 nitrogen and oxygen atoms in total. The van der Waals surface area contributed by atoms with Crippen LogP contribution in [0.25, 0.3) is 10.4 Å². The molecular formula is C39H63N7O13S. The van der Waals surface area contributed by atoms with Crippen LogP contribution in [0, 0.1) is 0 Å². The number of hydrogen-bond acceptors (Lipinski definition) is 15. The van der Waals surface area contributed by atoms with Crippen molar-refractivity contribution in [2.24, 2.45) is 5.11 Å².